The first-order valence-corrected chi connectivity index (χ1v) is 7.90. The summed E-state index contributed by atoms with van der Waals surface area (Å²) < 4.78 is 5.20. The number of H-pyrrole nitrogens is 1. The topological polar surface area (TPSA) is 66.9 Å². The van der Waals surface area contributed by atoms with Gasteiger partial charge < -0.3 is 14.6 Å². The van der Waals surface area contributed by atoms with Crippen LogP contribution >= 0.6 is 0 Å². The van der Waals surface area contributed by atoms with Crippen molar-refractivity contribution in [3.8, 4) is 5.88 Å². The van der Waals surface area contributed by atoms with Gasteiger partial charge in [-0.2, -0.15) is 4.98 Å². The zero-order valence-electron chi connectivity index (χ0n) is 13.1. The van der Waals surface area contributed by atoms with Gasteiger partial charge in [-0.3, -0.25) is 0 Å². The van der Waals surface area contributed by atoms with Crippen molar-refractivity contribution in [2.24, 2.45) is 0 Å². The lowest BCUT2D eigenvalue weighted by molar-refractivity contribution is 0.395. The first kappa shape index (κ1) is 14.0. The summed E-state index contributed by atoms with van der Waals surface area (Å²) in [4.78, 5) is 19.3. The molecular formula is C17H19N5O. The minimum Gasteiger partial charge on any atom is -0.481 e. The van der Waals surface area contributed by atoms with Gasteiger partial charge in [0, 0.05) is 31.3 Å². The van der Waals surface area contributed by atoms with Crippen LogP contribution in [0.2, 0.25) is 0 Å². The van der Waals surface area contributed by atoms with Gasteiger partial charge in [-0.15, -0.1) is 0 Å². The lowest BCUT2D eigenvalue weighted by Gasteiger charge is -2.31. The molecule has 1 N–H and O–H groups in total. The van der Waals surface area contributed by atoms with Crippen LogP contribution in [0.5, 0.6) is 5.88 Å². The van der Waals surface area contributed by atoms with E-state index in [1.54, 1.807) is 19.4 Å². The molecule has 1 fully saturated rings. The summed E-state index contributed by atoms with van der Waals surface area (Å²) in [5.41, 5.74) is 2.12. The zero-order chi connectivity index (χ0) is 15.6. The predicted octanol–water partition coefficient (Wildman–Crippen LogP) is 2.75. The van der Waals surface area contributed by atoms with Gasteiger partial charge in [-0.05, 0) is 25.0 Å². The minimum atomic E-state index is 0.367. The van der Waals surface area contributed by atoms with Crippen LogP contribution in [0.1, 0.15) is 24.6 Å². The first-order chi connectivity index (χ1) is 11.3. The third-order valence-corrected chi connectivity index (χ3v) is 4.33. The maximum atomic E-state index is 5.20. The van der Waals surface area contributed by atoms with E-state index in [1.807, 2.05) is 18.2 Å². The Morgan fingerprint density at radius 1 is 1.22 bits per heavy atom. The van der Waals surface area contributed by atoms with E-state index in [1.165, 1.54) is 0 Å². The highest BCUT2D eigenvalue weighted by Gasteiger charge is 2.25. The van der Waals surface area contributed by atoms with Crippen molar-refractivity contribution in [1.82, 2.24) is 19.9 Å². The van der Waals surface area contributed by atoms with Crippen molar-refractivity contribution >= 4 is 17.0 Å². The summed E-state index contributed by atoms with van der Waals surface area (Å²) in [5.74, 6) is 2.75. The Balaban J connectivity index is 1.58. The average molecular weight is 309 g/mol. The third-order valence-electron chi connectivity index (χ3n) is 4.33. The number of fused-ring (bicyclic) bond motifs is 1. The van der Waals surface area contributed by atoms with Gasteiger partial charge in [0.05, 0.1) is 18.1 Å². The Hall–Kier alpha value is -2.63. The number of methoxy groups -OCH3 is 1. The summed E-state index contributed by atoms with van der Waals surface area (Å²) in [7, 11) is 1.62. The Bertz CT molecular complexity index is 782. The number of nitrogens with zero attached hydrogens (tertiary/aromatic N) is 4. The van der Waals surface area contributed by atoms with E-state index in [-0.39, 0.29) is 0 Å². The predicted molar refractivity (Wildman–Crippen MR) is 88.9 cm³/mol. The standard InChI is InChI=1S/C17H19N5O/c1-23-15-8-9-18-17(21-15)22-10-4-5-12(11-22)16-19-13-6-2-3-7-14(13)20-16/h2-3,6-9,12H,4-5,10-11H2,1H3,(H,19,20)/t12-/m0/s1. The number of piperidine rings is 1. The molecule has 118 valence electrons. The monoisotopic (exact) mass is 309 g/mol. The highest BCUT2D eigenvalue weighted by atomic mass is 16.5. The molecule has 1 aliphatic rings. The molecule has 2 aromatic heterocycles. The number of hydrogen-bond acceptors (Lipinski definition) is 5. The number of imidazole rings is 1. The molecule has 1 aromatic carbocycles. The van der Waals surface area contributed by atoms with Crippen LogP contribution in [0.4, 0.5) is 5.95 Å². The van der Waals surface area contributed by atoms with E-state index >= 15 is 0 Å². The molecule has 3 aromatic rings. The summed E-state index contributed by atoms with van der Waals surface area (Å²) in [6.45, 7) is 1.83. The van der Waals surface area contributed by atoms with Crippen LogP contribution in [0.25, 0.3) is 11.0 Å². The summed E-state index contributed by atoms with van der Waals surface area (Å²) in [6.07, 6.45) is 3.97. The molecule has 0 saturated carbocycles. The fourth-order valence-electron chi connectivity index (χ4n) is 3.15. The molecule has 3 heterocycles. The van der Waals surface area contributed by atoms with E-state index in [9.17, 15) is 0 Å². The van der Waals surface area contributed by atoms with Crippen molar-refractivity contribution in [1.29, 1.82) is 0 Å². The normalized spacial score (nSPS) is 18.3. The van der Waals surface area contributed by atoms with Crippen molar-refractivity contribution < 1.29 is 4.74 Å². The largest absolute Gasteiger partial charge is 0.481 e. The maximum absolute atomic E-state index is 5.20. The third kappa shape index (κ3) is 2.72. The van der Waals surface area contributed by atoms with Gasteiger partial charge in [0.15, 0.2) is 0 Å². The van der Waals surface area contributed by atoms with Gasteiger partial charge in [0.25, 0.3) is 0 Å². The fourth-order valence-corrected chi connectivity index (χ4v) is 3.15. The highest BCUT2D eigenvalue weighted by Crippen LogP contribution is 2.28. The highest BCUT2D eigenvalue weighted by molar-refractivity contribution is 5.74. The van der Waals surface area contributed by atoms with Crippen LogP contribution in [-0.2, 0) is 0 Å². The molecule has 0 unspecified atom stereocenters. The second-order valence-corrected chi connectivity index (χ2v) is 5.82. The molecule has 0 bridgehead atoms. The molecule has 0 radical (unpaired) electrons. The van der Waals surface area contributed by atoms with E-state index in [4.69, 9.17) is 9.72 Å². The van der Waals surface area contributed by atoms with Crippen molar-refractivity contribution in [2.45, 2.75) is 18.8 Å². The van der Waals surface area contributed by atoms with Crippen LogP contribution in [0, 0.1) is 0 Å². The van der Waals surface area contributed by atoms with Crippen LogP contribution in [0.15, 0.2) is 36.5 Å². The SMILES string of the molecule is COc1ccnc(N2CCC[C@H](c3nc4ccccc4[nH]3)C2)n1. The van der Waals surface area contributed by atoms with Crippen LogP contribution < -0.4 is 9.64 Å². The molecule has 1 atom stereocenters. The Kier molecular flexibility index (Phi) is 3.57. The van der Waals surface area contributed by atoms with Gasteiger partial charge in [0.2, 0.25) is 11.8 Å². The fraction of sp³-hybridized carbons (Fsp3) is 0.353. The Morgan fingerprint density at radius 2 is 2.13 bits per heavy atom. The van der Waals surface area contributed by atoms with E-state index in [2.05, 4.69) is 25.9 Å². The summed E-state index contributed by atoms with van der Waals surface area (Å²) in [5, 5.41) is 0. The number of anilines is 1. The van der Waals surface area contributed by atoms with Gasteiger partial charge in [0.1, 0.15) is 5.82 Å². The molecule has 0 spiro atoms. The zero-order valence-corrected chi connectivity index (χ0v) is 13.1. The van der Waals surface area contributed by atoms with Crippen molar-refractivity contribution in [3.63, 3.8) is 0 Å². The summed E-state index contributed by atoms with van der Waals surface area (Å²) >= 11 is 0. The van der Waals surface area contributed by atoms with Gasteiger partial charge >= 0.3 is 0 Å². The number of rotatable bonds is 3. The maximum Gasteiger partial charge on any atom is 0.228 e. The second kappa shape index (κ2) is 5.87. The smallest absolute Gasteiger partial charge is 0.228 e. The quantitative estimate of drug-likeness (QED) is 0.806. The average Bonchev–Trinajstić information content (AvgIpc) is 3.06. The lowest BCUT2D eigenvalue weighted by atomic mass is 9.98. The molecule has 1 aliphatic heterocycles. The molecular weight excluding hydrogens is 290 g/mol. The summed E-state index contributed by atoms with van der Waals surface area (Å²) in [6, 6.07) is 9.93. The second-order valence-electron chi connectivity index (χ2n) is 5.82. The van der Waals surface area contributed by atoms with Crippen LogP contribution in [0.3, 0.4) is 0 Å². The number of para-hydroxylation sites is 2. The number of ether oxygens (including phenoxy) is 1. The molecule has 1 saturated heterocycles. The first-order valence-electron chi connectivity index (χ1n) is 7.90. The lowest BCUT2D eigenvalue weighted by Crippen LogP contribution is -2.35. The van der Waals surface area contributed by atoms with Gasteiger partial charge in [-0.25, -0.2) is 9.97 Å². The number of hydrogen-bond donors (Lipinski definition) is 1. The molecule has 0 amide bonds. The molecule has 23 heavy (non-hydrogen) atoms. The van der Waals surface area contributed by atoms with Gasteiger partial charge in [-0.1, -0.05) is 12.1 Å². The molecule has 6 heteroatoms. The Labute approximate surface area is 134 Å². The van der Waals surface area contributed by atoms with Crippen LogP contribution in [-0.4, -0.2) is 40.1 Å². The molecule has 4 rings (SSSR count). The van der Waals surface area contributed by atoms with Crippen molar-refractivity contribution in [3.05, 3.63) is 42.4 Å². The molecule has 0 aliphatic carbocycles. The van der Waals surface area contributed by atoms with E-state index < -0.39 is 0 Å². The molecule has 6 nitrogen and oxygen atoms in total. The van der Waals surface area contributed by atoms with Crippen molar-refractivity contribution in [2.75, 3.05) is 25.1 Å². The number of benzene rings is 1. The minimum absolute atomic E-state index is 0.367. The number of aromatic amines is 1. The number of aromatic nitrogens is 4. The Morgan fingerprint density at radius 3 is 3.00 bits per heavy atom. The van der Waals surface area contributed by atoms with E-state index in [0.717, 1.165) is 48.7 Å². The number of nitrogens with one attached hydrogen (secondary N) is 1. The van der Waals surface area contributed by atoms with E-state index in [0.29, 0.717) is 11.8 Å².